The predicted molar refractivity (Wildman–Crippen MR) is 83.2 cm³/mol. The number of hydrogen-bond donors (Lipinski definition) is 2. The number of rotatable bonds is 8. The summed E-state index contributed by atoms with van der Waals surface area (Å²) >= 11 is 0. The van der Waals surface area contributed by atoms with E-state index in [1.807, 2.05) is 30.3 Å². The molecule has 0 radical (unpaired) electrons. The lowest BCUT2D eigenvalue weighted by Gasteiger charge is -2.09. The Labute approximate surface area is 124 Å². The van der Waals surface area contributed by atoms with Crippen molar-refractivity contribution in [2.75, 3.05) is 19.7 Å². The molecule has 0 bridgehead atoms. The molecule has 0 saturated heterocycles. The smallest absolute Gasteiger partial charge is 0.220 e. The van der Waals surface area contributed by atoms with E-state index in [0.717, 1.165) is 29.5 Å². The van der Waals surface area contributed by atoms with Crippen LogP contribution in [0.3, 0.4) is 0 Å². The maximum absolute atomic E-state index is 11.4. The summed E-state index contributed by atoms with van der Waals surface area (Å²) < 4.78 is 5.75. The predicted octanol–water partition coefficient (Wildman–Crippen LogP) is 1.86. The highest BCUT2D eigenvalue weighted by molar-refractivity contribution is 5.84. The fourth-order valence-corrected chi connectivity index (χ4v) is 2.03. The molecule has 5 heteroatoms. The lowest BCUT2D eigenvalue weighted by Crippen LogP contribution is -2.25. The Kier molecular flexibility index (Phi) is 5.97. The Morgan fingerprint density at radius 3 is 2.95 bits per heavy atom. The number of nitrogens with one attached hydrogen (secondary N) is 1. The van der Waals surface area contributed by atoms with Crippen LogP contribution in [0, 0.1) is 0 Å². The third-order valence-corrected chi connectivity index (χ3v) is 3.10. The van der Waals surface area contributed by atoms with Gasteiger partial charge in [-0.2, -0.15) is 0 Å². The molecule has 2 rings (SSSR count). The summed E-state index contributed by atoms with van der Waals surface area (Å²) in [4.78, 5) is 15.7. The summed E-state index contributed by atoms with van der Waals surface area (Å²) in [5.74, 6) is 0.829. The van der Waals surface area contributed by atoms with E-state index >= 15 is 0 Å². The highest BCUT2D eigenvalue weighted by Gasteiger charge is 2.03. The normalized spacial score (nSPS) is 10.5. The summed E-state index contributed by atoms with van der Waals surface area (Å²) in [7, 11) is 0. The topological polar surface area (TPSA) is 77.2 Å². The zero-order valence-electron chi connectivity index (χ0n) is 12.0. The summed E-state index contributed by atoms with van der Waals surface area (Å²) in [6.45, 7) is 1.71. The number of nitrogens with zero attached hydrogens (tertiary/aromatic N) is 1. The molecule has 5 nitrogen and oxygen atoms in total. The van der Waals surface area contributed by atoms with Gasteiger partial charge in [0.1, 0.15) is 11.3 Å². The standard InChI is InChI=1S/C16H21N3O2/c17-9-2-8-15(20)18-11-4-12-21-14-7-1-5-13-6-3-10-19-16(13)14/h1,3,5-7,10H,2,4,8-9,11-12,17H2,(H,18,20). The van der Waals surface area contributed by atoms with Gasteiger partial charge in [-0.3, -0.25) is 9.78 Å². The van der Waals surface area contributed by atoms with Gasteiger partial charge < -0.3 is 15.8 Å². The third kappa shape index (κ3) is 4.72. The Morgan fingerprint density at radius 1 is 1.24 bits per heavy atom. The molecule has 1 amide bonds. The first kappa shape index (κ1) is 15.3. The fraction of sp³-hybridized carbons (Fsp3) is 0.375. The molecule has 0 aliphatic heterocycles. The minimum atomic E-state index is 0.0484. The van der Waals surface area contributed by atoms with Crippen LogP contribution < -0.4 is 15.8 Å². The Hall–Kier alpha value is -2.14. The van der Waals surface area contributed by atoms with Gasteiger partial charge in [0.2, 0.25) is 5.91 Å². The highest BCUT2D eigenvalue weighted by Crippen LogP contribution is 2.22. The number of benzene rings is 1. The van der Waals surface area contributed by atoms with Crippen LogP contribution in [0.15, 0.2) is 36.5 Å². The van der Waals surface area contributed by atoms with Gasteiger partial charge in [-0.1, -0.05) is 18.2 Å². The summed E-state index contributed by atoms with van der Waals surface area (Å²) in [6.07, 6.45) is 3.74. The SMILES string of the molecule is NCCCC(=O)NCCCOc1cccc2cccnc12. The first-order valence-corrected chi connectivity index (χ1v) is 7.24. The Morgan fingerprint density at radius 2 is 2.10 bits per heavy atom. The van der Waals surface area contributed by atoms with Crippen LogP contribution in [-0.4, -0.2) is 30.6 Å². The number of para-hydroxylation sites is 1. The number of hydrogen-bond acceptors (Lipinski definition) is 4. The van der Waals surface area contributed by atoms with Crippen molar-refractivity contribution in [3.8, 4) is 5.75 Å². The molecule has 2 aromatic rings. The first-order chi connectivity index (χ1) is 10.3. The van der Waals surface area contributed by atoms with E-state index in [-0.39, 0.29) is 5.91 Å². The van der Waals surface area contributed by atoms with Crippen molar-refractivity contribution in [1.29, 1.82) is 0 Å². The lowest BCUT2D eigenvalue weighted by atomic mass is 10.2. The minimum Gasteiger partial charge on any atom is -0.491 e. The second-order valence-corrected chi connectivity index (χ2v) is 4.78. The average molecular weight is 287 g/mol. The molecule has 1 aromatic carbocycles. The van der Waals surface area contributed by atoms with E-state index in [4.69, 9.17) is 10.5 Å². The lowest BCUT2D eigenvalue weighted by molar-refractivity contribution is -0.121. The molecule has 0 saturated carbocycles. The number of amides is 1. The molecule has 3 N–H and O–H groups in total. The summed E-state index contributed by atoms with van der Waals surface area (Å²) in [5.41, 5.74) is 6.22. The fourth-order valence-electron chi connectivity index (χ4n) is 2.03. The van der Waals surface area contributed by atoms with Crippen LogP contribution in [0.2, 0.25) is 0 Å². The number of pyridine rings is 1. The largest absolute Gasteiger partial charge is 0.491 e. The van der Waals surface area contributed by atoms with Gasteiger partial charge in [0, 0.05) is 24.5 Å². The molecule has 112 valence electrons. The summed E-state index contributed by atoms with van der Waals surface area (Å²) in [5, 5.41) is 3.91. The average Bonchev–Trinajstić information content (AvgIpc) is 2.52. The molecule has 0 unspecified atom stereocenters. The molecular formula is C16H21N3O2. The van der Waals surface area contributed by atoms with Crippen LogP contribution in [0.5, 0.6) is 5.75 Å². The number of ether oxygens (including phenoxy) is 1. The molecule has 0 aliphatic carbocycles. The van der Waals surface area contributed by atoms with Gasteiger partial charge in [0.25, 0.3) is 0 Å². The highest BCUT2D eigenvalue weighted by atomic mass is 16.5. The zero-order valence-corrected chi connectivity index (χ0v) is 12.0. The van der Waals surface area contributed by atoms with E-state index in [9.17, 15) is 4.79 Å². The maximum atomic E-state index is 11.4. The Bertz CT molecular complexity index is 581. The number of fused-ring (bicyclic) bond motifs is 1. The van der Waals surface area contributed by atoms with Crippen LogP contribution in [0.1, 0.15) is 19.3 Å². The van der Waals surface area contributed by atoms with Crippen molar-refractivity contribution < 1.29 is 9.53 Å². The van der Waals surface area contributed by atoms with Gasteiger partial charge in [0.15, 0.2) is 0 Å². The van der Waals surface area contributed by atoms with Crippen LogP contribution >= 0.6 is 0 Å². The van der Waals surface area contributed by atoms with E-state index in [0.29, 0.717) is 26.1 Å². The molecular weight excluding hydrogens is 266 g/mol. The molecule has 0 spiro atoms. The third-order valence-electron chi connectivity index (χ3n) is 3.10. The second-order valence-electron chi connectivity index (χ2n) is 4.78. The molecule has 1 aromatic heterocycles. The van der Waals surface area contributed by atoms with Crippen LogP contribution in [-0.2, 0) is 4.79 Å². The van der Waals surface area contributed by atoms with E-state index in [1.165, 1.54) is 0 Å². The molecule has 0 atom stereocenters. The first-order valence-electron chi connectivity index (χ1n) is 7.24. The van der Waals surface area contributed by atoms with E-state index in [2.05, 4.69) is 10.3 Å². The van der Waals surface area contributed by atoms with Crippen molar-refractivity contribution in [2.24, 2.45) is 5.73 Å². The summed E-state index contributed by atoms with van der Waals surface area (Å²) in [6, 6.07) is 9.78. The van der Waals surface area contributed by atoms with Crippen molar-refractivity contribution in [2.45, 2.75) is 19.3 Å². The zero-order chi connectivity index (χ0) is 14.9. The van der Waals surface area contributed by atoms with Gasteiger partial charge in [0.05, 0.1) is 6.61 Å². The van der Waals surface area contributed by atoms with Gasteiger partial charge in [-0.05, 0) is 31.5 Å². The number of carbonyl (C=O) groups is 1. The van der Waals surface area contributed by atoms with E-state index in [1.54, 1.807) is 6.20 Å². The van der Waals surface area contributed by atoms with Gasteiger partial charge in [-0.15, -0.1) is 0 Å². The van der Waals surface area contributed by atoms with Crippen molar-refractivity contribution in [3.63, 3.8) is 0 Å². The second kappa shape index (κ2) is 8.21. The van der Waals surface area contributed by atoms with Crippen molar-refractivity contribution in [3.05, 3.63) is 36.5 Å². The quantitative estimate of drug-likeness (QED) is 0.726. The molecule has 21 heavy (non-hydrogen) atoms. The number of carbonyl (C=O) groups excluding carboxylic acids is 1. The van der Waals surface area contributed by atoms with Crippen molar-refractivity contribution >= 4 is 16.8 Å². The van der Waals surface area contributed by atoms with Crippen LogP contribution in [0.4, 0.5) is 0 Å². The molecule has 0 fully saturated rings. The Balaban J connectivity index is 1.74. The molecule has 0 aliphatic rings. The van der Waals surface area contributed by atoms with Crippen molar-refractivity contribution in [1.82, 2.24) is 10.3 Å². The number of nitrogens with two attached hydrogens (primary N) is 1. The minimum absolute atomic E-state index is 0.0484. The van der Waals surface area contributed by atoms with Gasteiger partial charge >= 0.3 is 0 Å². The molecule has 1 heterocycles. The van der Waals surface area contributed by atoms with E-state index < -0.39 is 0 Å². The number of aromatic nitrogens is 1. The van der Waals surface area contributed by atoms with Gasteiger partial charge in [-0.25, -0.2) is 0 Å². The maximum Gasteiger partial charge on any atom is 0.220 e. The van der Waals surface area contributed by atoms with Crippen LogP contribution in [0.25, 0.3) is 10.9 Å². The monoisotopic (exact) mass is 287 g/mol.